The lowest BCUT2D eigenvalue weighted by molar-refractivity contribution is 0.102. The Morgan fingerprint density at radius 1 is 1.41 bits per heavy atom. The van der Waals surface area contributed by atoms with Crippen LogP contribution in [0.2, 0.25) is 0 Å². The molecule has 3 heterocycles. The van der Waals surface area contributed by atoms with Crippen LogP contribution in [0.25, 0.3) is 0 Å². The highest BCUT2D eigenvalue weighted by molar-refractivity contribution is 6.04. The van der Waals surface area contributed by atoms with Gasteiger partial charge in [-0.15, -0.1) is 12.4 Å². The molecule has 0 saturated carbocycles. The molecule has 0 fully saturated rings. The van der Waals surface area contributed by atoms with Gasteiger partial charge in [0.2, 0.25) is 0 Å². The van der Waals surface area contributed by atoms with Crippen molar-refractivity contribution in [2.45, 2.75) is 19.9 Å². The lowest BCUT2D eigenvalue weighted by Crippen LogP contribution is -2.25. The number of anilines is 1. The number of aryl methyl sites for hydroxylation is 1. The Hall–Kier alpha value is -2.12. The molecular weight excluding hydrogens is 306 g/mol. The number of nitrogens with zero attached hydrogens (tertiary/aromatic N) is 2. The molecule has 22 heavy (non-hydrogen) atoms. The highest BCUT2D eigenvalue weighted by Gasteiger charge is 2.22. The van der Waals surface area contributed by atoms with Crippen LogP contribution in [0.5, 0.6) is 5.75 Å². The number of halogens is 1. The van der Waals surface area contributed by atoms with E-state index in [0.29, 0.717) is 23.8 Å². The molecule has 8 heteroatoms. The molecule has 7 nitrogen and oxygen atoms in total. The monoisotopic (exact) mass is 323 g/mol. The van der Waals surface area contributed by atoms with E-state index in [1.807, 2.05) is 13.0 Å². The van der Waals surface area contributed by atoms with Crippen LogP contribution in [0, 0.1) is 6.92 Å². The molecule has 3 N–H and O–H groups in total. The zero-order valence-electron chi connectivity index (χ0n) is 12.4. The van der Waals surface area contributed by atoms with Crippen molar-refractivity contribution >= 4 is 24.1 Å². The first-order chi connectivity index (χ1) is 10.2. The summed E-state index contributed by atoms with van der Waals surface area (Å²) < 4.78 is 5.21. The average Bonchev–Trinajstić information content (AvgIpc) is 2.91. The Kier molecular flexibility index (Phi) is 4.99. The van der Waals surface area contributed by atoms with Gasteiger partial charge in [-0.25, -0.2) is 4.98 Å². The standard InChI is InChI=1S/C14H17N5O2.ClH/c1-8-3-4-11(21-2)13(16-8)17-14(20)12-9-7-15-6-5-10(9)18-19-12;/h3-4,15H,5-7H2,1-2H3,(H,18,19)(H,16,17,20);1H. The summed E-state index contributed by atoms with van der Waals surface area (Å²) in [6, 6.07) is 3.61. The molecule has 2 aromatic rings. The third-order valence-electron chi connectivity index (χ3n) is 3.47. The molecule has 0 radical (unpaired) electrons. The molecule has 1 amide bonds. The van der Waals surface area contributed by atoms with Crippen LogP contribution in [-0.4, -0.2) is 34.7 Å². The maximum atomic E-state index is 12.4. The molecule has 0 saturated heterocycles. The molecule has 1 aliphatic heterocycles. The third-order valence-corrected chi connectivity index (χ3v) is 3.47. The minimum Gasteiger partial charge on any atom is -0.493 e. The highest BCUT2D eigenvalue weighted by Crippen LogP contribution is 2.23. The lowest BCUT2D eigenvalue weighted by atomic mass is 10.1. The van der Waals surface area contributed by atoms with Gasteiger partial charge in [0.1, 0.15) is 0 Å². The van der Waals surface area contributed by atoms with Crippen molar-refractivity contribution in [2.75, 3.05) is 19.0 Å². The van der Waals surface area contributed by atoms with Crippen molar-refractivity contribution in [3.05, 3.63) is 34.8 Å². The van der Waals surface area contributed by atoms with Crippen molar-refractivity contribution < 1.29 is 9.53 Å². The van der Waals surface area contributed by atoms with E-state index in [0.717, 1.165) is 29.9 Å². The van der Waals surface area contributed by atoms with Gasteiger partial charge in [0.15, 0.2) is 17.3 Å². The quantitative estimate of drug-likeness (QED) is 0.795. The largest absolute Gasteiger partial charge is 0.493 e. The van der Waals surface area contributed by atoms with Gasteiger partial charge >= 0.3 is 0 Å². The number of ether oxygens (including phenoxy) is 1. The van der Waals surface area contributed by atoms with Crippen molar-refractivity contribution in [3.8, 4) is 5.75 Å². The molecule has 0 unspecified atom stereocenters. The van der Waals surface area contributed by atoms with Crippen LogP contribution in [0.1, 0.15) is 27.4 Å². The minimum absolute atomic E-state index is 0. The van der Waals surface area contributed by atoms with Crippen LogP contribution in [0.15, 0.2) is 12.1 Å². The van der Waals surface area contributed by atoms with E-state index in [-0.39, 0.29) is 18.3 Å². The van der Waals surface area contributed by atoms with E-state index in [1.54, 1.807) is 13.2 Å². The first-order valence-electron chi connectivity index (χ1n) is 6.79. The van der Waals surface area contributed by atoms with Gasteiger partial charge in [-0.2, -0.15) is 5.10 Å². The van der Waals surface area contributed by atoms with Gasteiger partial charge < -0.3 is 15.4 Å². The van der Waals surface area contributed by atoms with E-state index in [2.05, 4.69) is 25.8 Å². The van der Waals surface area contributed by atoms with Crippen molar-refractivity contribution in [1.29, 1.82) is 0 Å². The second-order valence-corrected chi connectivity index (χ2v) is 4.91. The number of rotatable bonds is 3. The van der Waals surface area contributed by atoms with Gasteiger partial charge in [0.05, 0.1) is 7.11 Å². The fourth-order valence-corrected chi connectivity index (χ4v) is 2.38. The summed E-state index contributed by atoms with van der Waals surface area (Å²) in [5.41, 5.74) is 3.15. The molecule has 2 aromatic heterocycles. The Balaban J connectivity index is 0.00000176. The van der Waals surface area contributed by atoms with Gasteiger partial charge in [-0.1, -0.05) is 0 Å². The van der Waals surface area contributed by atoms with E-state index in [4.69, 9.17) is 4.74 Å². The summed E-state index contributed by atoms with van der Waals surface area (Å²) >= 11 is 0. The maximum Gasteiger partial charge on any atom is 0.277 e. The molecule has 0 aromatic carbocycles. The highest BCUT2D eigenvalue weighted by atomic mass is 35.5. The van der Waals surface area contributed by atoms with E-state index in [1.165, 1.54) is 0 Å². The number of carbonyl (C=O) groups is 1. The van der Waals surface area contributed by atoms with Gasteiger partial charge in [0.25, 0.3) is 5.91 Å². The molecule has 0 aliphatic carbocycles. The number of amides is 1. The Labute approximate surface area is 134 Å². The smallest absolute Gasteiger partial charge is 0.277 e. The number of nitrogens with one attached hydrogen (secondary N) is 3. The molecule has 1 aliphatic rings. The number of fused-ring (bicyclic) bond motifs is 1. The lowest BCUT2D eigenvalue weighted by Gasteiger charge is -2.13. The summed E-state index contributed by atoms with van der Waals surface area (Å²) in [5.74, 6) is 0.645. The average molecular weight is 324 g/mol. The first kappa shape index (κ1) is 16.3. The van der Waals surface area contributed by atoms with Gasteiger partial charge in [-0.05, 0) is 19.1 Å². The predicted octanol–water partition coefficient (Wildman–Crippen LogP) is 1.44. The number of pyridine rings is 1. The van der Waals surface area contributed by atoms with Gasteiger partial charge in [0, 0.05) is 36.5 Å². The predicted molar refractivity (Wildman–Crippen MR) is 84.7 cm³/mol. The summed E-state index contributed by atoms with van der Waals surface area (Å²) in [5, 5.41) is 13.1. The van der Waals surface area contributed by atoms with E-state index < -0.39 is 0 Å². The summed E-state index contributed by atoms with van der Waals surface area (Å²) in [4.78, 5) is 16.7. The third kappa shape index (κ3) is 3.05. The van der Waals surface area contributed by atoms with Crippen LogP contribution in [-0.2, 0) is 13.0 Å². The molecule has 3 rings (SSSR count). The van der Waals surface area contributed by atoms with Crippen molar-refractivity contribution in [1.82, 2.24) is 20.5 Å². The molecular formula is C14H18ClN5O2. The molecule has 0 atom stereocenters. The molecule has 0 bridgehead atoms. The molecule has 118 valence electrons. The van der Waals surface area contributed by atoms with Crippen LogP contribution < -0.4 is 15.4 Å². The van der Waals surface area contributed by atoms with Crippen LogP contribution >= 0.6 is 12.4 Å². The fraction of sp³-hybridized carbons (Fsp3) is 0.357. The first-order valence-corrected chi connectivity index (χ1v) is 6.79. The van der Waals surface area contributed by atoms with E-state index >= 15 is 0 Å². The minimum atomic E-state index is -0.285. The fourth-order valence-electron chi connectivity index (χ4n) is 2.38. The second kappa shape index (κ2) is 6.76. The number of aromatic nitrogens is 3. The van der Waals surface area contributed by atoms with Crippen LogP contribution in [0.4, 0.5) is 5.82 Å². The normalized spacial score (nSPS) is 13.0. The topological polar surface area (TPSA) is 91.9 Å². The Bertz CT molecular complexity index is 686. The summed E-state index contributed by atoms with van der Waals surface area (Å²) in [7, 11) is 1.54. The summed E-state index contributed by atoms with van der Waals surface area (Å²) in [6.45, 7) is 3.39. The zero-order valence-corrected chi connectivity index (χ0v) is 13.2. The van der Waals surface area contributed by atoms with Crippen molar-refractivity contribution in [2.24, 2.45) is 0 Å². The summed E-state index contributed by atoms with van der Waals surface area (Å²) in [6.07, 6.45) is 0.849. The van der Waals surface area contributed by atoms with Crippen molar-refractivity contribution in [3.63, 3.8) is 0 Å². The number of aromatic amines is 1. The number of H-pyrrole nitrogens is 1. The zero-order chi connectivity index (χ0) is 14.8. The Morgan fingerprint density at radius 3 is 3.00 bits per heavy atom. The maximum absolute atomic E-state index is 12.4. The Morgan fingerprint density at radius 2 is 2.23 bits per heavy atom. The van der Waals surface area contributed by atoms with Gasteiger partial charge in [-0.3, -0.25) is 9.89 Å². The second-order valence-electron chi connectivity index (χ2n) is 4.91. The molecule has 0 spiro atoms. The van der Waals surface area contributed by atoms with Crippen LogP contribution in [0.3, 0.4) is 0 Å². The number of methoxy groups -OCH3 is 1. The number of hydrogen-bond acceptors (Lipinski definition) is 5. The SMILES string of the molecule is COc1ccc(C)nc1NC(=O)c1n[nH]c2c1CNCC2.Cl. The number of hydrogen-bond donors (Lipinski definition) is 3. The van der Waals surface area contributed by atoms with E-state index in [9.17, 15) is 4.79 Å². The number of carbonyl (C=O) groups excluding carboxylic acids is 1.